The number of hydrogen-bond donors (Lipinski definition) is 0. The Bertz CT molecular complexity index is 729. The number of carbonyl (C=O) groups is 1. The molecule has 1 aliphatic rings. The highest BCUT2D eigenvalue weighted by Gasteiger charge is 2.37. The Morgan fingerprint density at radius 2 is 2.29 bits per heavy atom. The predicted octanol–water partition coefficient (Wildman–Crippen LogP) is 2.54. The van der Waals surface area contributed by atoms with E-state index in [1.807, 2.05) is 0 Å². The minimum absolute atomic E-state index is 0.141. The lowest BCUT2D eigenvalue weighted by atomic mass is 9.95. The van der Waals surface area contributed by atoms with Crippen LogP contribution in [0.2, 0.25) is 0 Å². The molecule has 3 nitrogen and oxygen atoms in total. The van der Waals surface area contributed by atoms with E-state index in [9.17, 15) is 13.6 Å². The predicted molar refractivity (Wildman–Crippen MR) is 77.9 cm³/mol. The number of aromatic nitrogens is 1. The van der Waals surface area contributed by atoms with E-state index in [0.29, 0.717) is 22.7 Å². The summed E-state index contributed by atoms with van der Waals surface area (Å²) in [6.45, 7) is 1.86. The number of aryl methyl sites for hydroxylation is 1. The molecule has 7 heteroatoms. The molecule has 0 atom stereocenters. The van der Waals surface area contributed by atoms with Gasteiger partial charge in [0, 0.05) is 17.6 Å². The third-order valence-electron chi connectivity index (χ3n) is 3.41. The highest BCUT2D eigenvalue weighted by atomic mass is 32.2. The number of thioether (sulfide) groups is 1. The summed E-state index contributed by atoms with van der Waals surface area (Å²) in [7, 11) is 5.91. The van der Waals surface area contributed by atoms with Gasteiger partial charge in [0.15, 0.2) is 0 Å². The Morgan fingerprint density at radius 1 is 1.52 bits per heavy atom. The summed E-state index contributed by atoms with van der Waals surface area (Å²) in [4.78, 5) is 12.0. The fourth-order valence-corrected chi connectivity index (χ4v) is 3.50. The van der Waals surface area contributed by atoms with Gasteiger partial charge >= 0.3 is 5.97 Å². The van der Waals surface area contributed by atoms with Crippen molar-refractivity contribution in [2.24, 2.45) is 0 Å². The maximum absolute atomic E-state index is 13.9. The lowest BCUT2D eigenvalue weighted by Crippen LogP contribution is -2.11. The van der Waals surface area contributed by atoms with E-state index in [4.69, 9.17) is 12.6 Å². The Kier molecular flexibility index (Phi) is 3.47. The van der Waals surface area contributed by atoms with E-state index >= 15 is 0 Å². The molecule has 0 fully saturated rings. The number of alkyl halides is 2. The van der Waals surface area contributed by atoms with Crippen molar-refractivity contribution in [1.82, 2.24) is 4.40 Å². The van der Waals surface area contributed by atoms with Crippen molar-refractivity contribution in [3.63, 3.8) is 0 Å². The van der Waals surface area contributed by atoms with Crippen LogP contribution in [0.4, 0.5) is 8.78 Å². The van der Waals surface area contributed by atoms with Crippen LogP contribution in [0.25, 0.3) is 5.52 Å². The molecule has 0 saturated carbocycles. The topological polar surface area (TPSA) is 30.7 Å². The molecular weight excluding hydrogens is 295 g/mol. The number of rotatable bonds is 2. The largest absolute Gasteiger partial charge is 0.462 e. The van der Waals surface area contributed by atoms with Crippen molar-refractivity contribution >= 4 is 36.6 Å². The summed E-state index contributed by atoms with van der Waals surface area (Å²) < 4.78 is 34.5. The summed E-state index contributed by atoms with van der Waals surface area (Å²) in [5, 5.41) is -2.73. The quantitative estimate of drug-likeness (QED) is 0.631. The average molecular weight is 307 g/mol. The van der Waals surface area contributed by atoms with Crippen LogP contribution in [-0.2, 0) is 11.2 Å². The van der Waals surface area contributed by atoms with E-state index in [-0.39, 0.29) is 30.0 Å². The number of nitrogens with zero attached hydrogens (tertiary/aromatic N) is 1. The standard InChI is InChI=1S/C14H12BF2NO2S/c1-2-20-13(19)9-7-11-10(15)4-3-8-5-6-14(16,17)21-12(9)18(8)11/h3-4,7H,2,5-6H2,1H3. The Morgan fingerprint density at radius 3 is 3.00 bits per heavy atom. The lowest BCUT2D eigenvalue weighted by molar-refractivity contribution is 0.0522. The summed E-state index contributed by atoms with van der Waals surface area (Å²) in [5.74, 6) is -0.605. The van der Waals surface area contributed by atoms with Crippen molar-refractivity contribution in [2.45, 2.75) is 30.0 Å². The Labute approximate surface area is 126 Å². The van der Waals surface area contributed by atoms with Gasteiger partial charge in [-0.1, -0.05) is 11.5 Å². The van der Waals surface area contributed by atoms with Gasteiger partial charge < -0.3 is 9.14 Å². The molecule has 21 heavy (non-hydrogen) atoms. The minimum Gasteiger partial charge on any atom is -0.462 e. The van der Waals surface area contributed by atoms with Crippen LogP contribution in [0.1, 0.15) is 29.4 Å². The molecule has 3 heterocycles. The third kappa shape index (κ3) is 2.43. The zero-order valence-electron chi connectivity index (χ0n) is 11.4. The fraction of sp³-hybridized carbons (Fsp3) is 0.357. The van der Waals surface area contributed by atoms with Crippen molar-refractivity contribution in [1.29, 1.82) is 0 Å². The van der Waals surface area contributed by atoms with Crippen molar-refractivity contribution in [3.8, 4) is 0 Å². The highest BCUT2D eigenvalue weighted by molar-refractivity contribution is 8.00. The molecule has 0 saturated heterocycles. The van der Waals surface area contributed by atoms with Crippen molar-refractivity contribution in [2.75, 3.05) is 6.61 Å². The third-order valence-corrected chi connectivity index (χ3v) is 4.51. The molecule has 2 radical (unpaired) electrons. The SMILES string of the molecule is [B]c1ccc2n3c(c(C(=O)OCC)cc13)SC(F)(F)CC2. The van der Waals surface area contributed by atoms with Crippen LogP contribution < -0.4 is 5.46 Å². The molecule has 0 unspecified atom stereocenters. The van der Waals surface area contributed by atoms with Crippen LogP contribution in [0.15, 0.2) is 23.2 Å². The highest BCUT2D eigenvalue weighted by Crippen LogP contribution is 2.44. The summed E-state index contributed by atoms with van der Waals surface area (Å²) >= 11 is 0.397. The number of pyridine rings is 1. The maximum atomic E-state index is 13.9. The van der Waals surface area contributed by atoms with Crippen molar-refractivity contribution in [3.05, 3.63) is 29.5 Å². The zero-order valence-corrected chi connectivity index (χ0v) is 12.2. The second kappa shape index (κ2) is 5.05. The van der Waals surface area contributed by atoms with E-state index in [0.717, 1.165) is 5.69 Å². The van der Waals surface area contributed by atoms with Crippen LogP contribution in [-0.4, -0.2) is 30.1 Å². The first-order valence-corrected chi connectivity index (χ1v) is 7.41. The second-order valence-corrected chi connectivity index (χ2v) is 6.01. The number of esters is 1. The summed E-state index contributed by atoms with van der Waals surface area (Å²) in [6, 6.07) is 4.93. The molecule has 0 aromatic carbocycles. The number of halogens is 2. The molecule has 1 aliphatic heterocycles. The van der Waals surface area contributed by atoms with Gasteiger partial charge in [0.25, 0.3) is 5.25 Å². The van der Waals surface area contributed by atoms with Gasteiger partial charge in [0.05, 0.1) is 17.2 Å². The van der Waals surface area contributed by atoms with Gasteiger partial charge in [0.1, 0.15) is 7.85 Å². The Hall–Kier alpha value is -1.50. The molecule has 108 valence electrons. The smallest absolute Gasteiger partial charge is 0.340 e. The normalized spacial score (nSPS) is 16.7. The van der Waals surface area contributed by atoms with Gasteiger partial charge in [-0.05, 0) is 37.2 Å². The van der Waals surface area contributed by atoms with E-state index < -0.39 is 11.2 Å². The van der Waals surface area contributed by atoms with E-state index in [1.165, 1.54) is 6.07 Å². The first-order chi connectivity index (χ1) is 9.93. The van der Waals surface area contributed by atoms with Crippen LogP contribution in [0.5, 0.6) is 0 Å². The molecular formula is C14H12BF2NO2S. The second-order valence-electron chi connectivity index (χ2n) is 4.82. The monoisotopic (exact) mass is 307 g/mol. The number of ether oxygens (including phenoxy) is 1. The van der Waals surface area contributed by atoms with Gasteiger partial charge in [-0.25, -0.2) is 4.79 Å². The van der Waals surface area contributed by atoms with E-state index in [2.05, 4.69) is 0 Å². The zero-order chi connectivity index (χ0) is 15.2. The molecule has 2 aromatic heterocycles. The van der Waals surface area contributed by atoms with Gasteiger partial charge in [0.2, 0.25) is 0 Å². The molecule has 0 N–H and O–H groups in total. The number of hydrogen-bond acceptors (Lipinski definition) is 3. The first kappa shape index (κ1) is 14.4. The fourth-order valence-electron chi connectivity index (χ4n) is 2.45. The summed E-state index contributed by atoms with van der Waals surface area (Å²) in [6.07, 6.45) is -0.0542. The molecule has 0 aliphatic carbocycles. The average Bonchev–Trinajstić information content (AvgIpc) is 2.72. The molecule has 0 spiro atoms. The maximum Gasteiger partial charge on any atom is 0.340 e. The van der Waals surface area contributed by atoms with Crippen LogP contribution >= 0.6 is 11.8 Å². The van der Waals surface area contributed by atoms with Gasteiger partial charge in [-0.2, -0.15) is 8.78 Å². The summed E-state index contributed by atoms with van der Waals surface area (Å²) in [5.41, 5.74) is 1.87. The molecule has 2 aromatic rings. The van der Waals surface area contributed by atoms with Crippen LogP contribution in [0.3, 0.4) is 0 Å². The van der Waals surface area contributed by atoms with E-state index in [1.54, 1.807) is 23.5 Å². The molecule has 0 amide bonds. The lowest BCUT2D eigenvalue weighted by Gasteiger charge is -2.12. The van der Waals surface area contributed by atoms with Gasteiger partial charge in [-0.3, -0.25) is 0 Å². The minimum atomic E-state index is -2.93. The number of carbonyl (C=O) groups excluding carboxylic acids is 1. The van der Waals surface area contributed by atoms with Crippen molar-refractivity contribution < 1.29 is 18.3 Å². The van der Waals surface area contributed by atoms with Gasteiger partial charge in [-0.15, -0.1) is 0 Å². The van der Waals surface area contributed by atoms with Crippen LogP contribution in [0, 0.1) is 0 Å². The first-order valence-electron chi connectivity index (χ1n) is 6.59. The molecule has 0 bridgehead atoms. The Balaban J connectivity index is 2.28. The molecule has 3 rings (SSSR count).